The molecule has 0 saturated heterocycles. The Morgan fingerprint density at radius 2 is 1.73 bits per heavy atom. The third-order valence-electron chi connectivity index (χ3n) is 2.49. The molecule has 1 heteroatoms. The van der Waals surface area contributed by atoms with Gasteiger partial charge in [0.15, 0.2) is 0 Å². The quantitative estimate of drug-likeness (QED) is 0.646. The SMILES string of the molecule is OC1(c2ccccc2)CCC1. The molecule has 0 radical (unpaired) electrons. The molecule has 1 fully saturated rings. The van der Waals surface area contributed by atoms with E-state index in [-0.39, 0.29) is 0 Å². The highest BCUT2D eigenvalue weighted by atomic mass is 16.3. The van der Waals surface area contributed by atoms with Crippen LogP contribution in [-0.4, -0.2) is 5.11 Å². The second kappa shape index (κ2) is 2.35. The lowest BCUT2D eigenvalue weighted by molar-refractivity contribution is -0.0387. The number of rotatable bonds is 1. The Hall–Kier alpha value is -0.820. The molecule has 58 valence electrons. The van der Waals surface area contributed by atoms with Crippen molar-refractivity contribution in [2.24, 2.45) is 0 Å². The summed E-state index contributed by atoms with van der Waals surface area (Å²) in [7, 11) is 0. The van der Waals surface area contributed by atoms with Gasteiger partial charge in [0.2, 0.25) is 0 Å². The Kier molecular flexibility index (Phi) is 1.46. The van der Waals surface area contributed by atoms with E-state index in [1.165, 1.54) is 0 Å². The summed E-state index contributed by atoms with van der Waals surface area (Å²) in [6.45, 7) is 0. The van der Waals surface area contributed by atoms with Gasteiger partial charge in [0, 0.05) is 0 Å². The molecule has 1 aliphatic rings. The van der Waals surface area contributed by atoms with Crippen molar-refractivity contribution >= 4 is 0 Å². The zero-order valence-corrected chi connectivity index (χ0v) is 6.46. The molecular formula is C10H12O. The second-order valence-corrected chi connectivity index (χ2v) is 3.25. The number of hydrogen-bond acceptors (Lipinski definition) is 1. The van der Waals surface area contributed by atoms with E-state index in [1.54, 1.807) is 0 Å². The molecule has 11 heavy (non-hydrogen) atoms. The molecule has 1 nitrogen and oxygen atoms in total. The summed E-state index contributed by atoms with van der Waals surface area (Å²) >= 11 is 0. The normalized spacial score (nSPS) is 20.8. The van der Waals surface area contributed by atoms with Gasteiger partial charge in [0.1, 0.15) is 0 Å². The smallest absolute Gasteiger partial charge is 0.0896 e. The average molecular weight is 148 g/mol. The average Bonchev–Trinajstić information content (AvgIpc) is 2.02. The molecule has 0 atom stereocenters. The molecule has 0 bridgehead atoms. The Morgan fingerprint density at radius 3 is 2.18 bits per heavy atom. The maximum absolute atomic E-state index is 9.88. The van der Waals surface area contributed by atoms with Gasteiger partial charge in [-0.3, -0.25) is 0 Å². The van der Waals surface area contributed by atoms with E-state index in [9.17, 15) is 5.11 Å². The van der Waals surface area contributed by atoms with Crippen LogP contribution in [0.4, 0.5) is 0 Å². The van der Waals surface area contributed by atoms with Crippen molar-refractivity contribution in [3.63, 3.8) is 0 Å². The Labute approximate surface area is 66.7 Å². The largest absolute Gasteiger partial charge is 0.385 e. The van der Waals surface area contributed by atoms with Crippen LogP contribution in [0.2, 0.25) is 0 Å². The standard InChI is InChI=1S/C10H12O/c11-10(7-4-8-10)9-5-2-1-3-6-9/h1-3,5-6,11H,4,7-8H2. The fourth-order valence-electron chi connectivity index (χ4n) is 1.55. The van der Waals surface area contributed by atoms with Gasteiger partial charge in [-0.25, -0.2) is 0 Å². The molecule has 0 spiro atoms. The van der Waals surface area contributed by atoms with Gasteiger partial charge in [-0.15, -0.1) is 0 Å². The van der Waals surface area contributed by atoms with Gasteiger partial charge in [-0.2, -0.15) is 0 Å². The van der Waals surface area contributed by atoms with Crippen LogP contribution < -0.4 is 0 Å². The molecule has 1 aromatic rings. The predicted molar refractivity (Wildman–Crippen MR) is 44.2 cm³/mol. The van der Waals surface area contributed by atoms with Crippen molar-refractivity contribution in [3.05, 3.63) is 35.9 Å². The van der Waals surface area contributed by atoms with Crippen molar-refractivity contribution in [1.29, 1.82) is 0 Å². The van der Waals surface area contributed by atoms with Gasteiger partial charge < -0.3 is 5.11 Å². The van der Waals surface area contributed by atoms with Crippen LogP contribution >= 0.6 is 0 Å². The molecule has 2 rings (SSSR count). The first-order valence-corrected chi connectivity index (χ1v) is 4.09. The summed E-state index contributed by atoms with van der Waals surface area (Å²) in [6.07, 6.45) is 3.01. The monoisotopic (exact) mass is 148 g/mol. The summed E-state index contributed by atoms with van der Waals surface area (Å²) in [4.78, 5) is 0. The third kappa shape index (κ3) is 1.05. The van der Waals surface area contributed by atoms with Crippen LogP contribution in [0, 0.1) is 0 Å². The van der Waals surface area contributed by atoms with Crippen LogP contribution in [0.15, 0.2) is 30.3 Å². The second-order valence-electron chi connectivity index (χ2n) is 3.25. The van der Waals surface area contributed by atoms with Crippen molar-refractivity contribution < 1.29 is 5.11 Å². The predicted octanol–water partition coefficient (Wildman–Crippen LogP) is 2.06. The van der Waals surface area contributed by atoms with E-state index < -0.39 is 5.60 Å². The minimum absolute atomic E-state index is 0.485. The van der Waals surface area contributed by atoms with Crippen molar-refractivity contribution in [3.8, 4) is 0 Å². The van der Waals surface area contributed by atoms with Crippen molar-refractivity contribution in [1.82, 2.24) is 0 Å². The van der Waals surface area contributed by atoms with Gasteiger partial charge >= 0.3 is 0 Å². The molecule has 0 unspecified atom stereocenters. The fraction of sp³-hybridized carbons (Fsp3) is 0.400. The minimum Gasteiger partial charge on any atom is -0.385 e. The van der Waals surface area contributed by atoms with E-state index in [1.807, 2.05) is 30.3 Å². The van der Waals surface area contributed by atoms with Gasteiger partial charge in [-0.1, -0.05) is 30.3 Å². The summed E-state index contributed by atoms with van der Waals surface area (Å²) in [6, 6.07) is 9.93. The van der Waals surface area contributed by atoms with E-state index in [4.69, 9.17) is 0 Å². The lowest BCUT2D eigenvalue weighted by Gasteiger charge is -2.36. The molecule has 1 N–H and O–H groups in total. The zero-order valence-electron chi connectivity index (χ0n) is 6.46. The van der Waals surface area contributed by atoms with Crippen molar-refractivity contribution in [2.45, 2.75) is 24.9 Å². The summed E-state index contributed by atoms with van der Waals surface area (Å²) < 4.78 is 0. The first-order chi connectivity index (χ1) is 5.31. The van der Waals surface area contributed by atoms with Crippen LogP contribution in [-0.2, 0) is 5.60 Å². The minimum atomic E-state index is -0.485. The van der Waals surface area contributed by atoms with Crippen LogP contribution in [0.5, 0.6) is 0 Å². The van der Waals surface area contributed by atoms with E-state index in [0.717, 1.165) is 24.8 Å². The van der Waals surface area contributed by atoms with Crippen LogP contribution in [0.3, 0.4) is 0 Å². The Bertz CT molecular complexity index is 236. The molecule has 1 saturated carbocycles. The summed E-state index contributed by atoms with van der Waals surface area (Å²) in [5, 5.41) is 9.88. The van der Waals surface area contributed by atoms with E-state index >= 15 is 0 Å². The third-order valence-corrected chi connectivity index (χ3v) is 2.49. The highest BCUT2D eigenvalue weighted by Gasteiger charge is 2.35. The summed E-state index contributed by atoms with van der Waals surface area (Å²) in [5.41, 5.74) is 0.590. The van der Waals surface area contributed by atoms with Gasteiger partial charge in [-0.05, 0) is 24.8 Å². The number of benzene rings is 1. The Morgan fingerprint density at radius 1 is 1.09 bits per heavy atom. The molecule has 0 heterocycles. The number of hydrogen-bond donors (Lipinski definition) is 1. The van der Waals surface area contributed by atoms with E-state index in [2.05, 4.69) is 0 Å². The fourth-order valence-corrected chi connectivity index (χ4v) is 1.55. The lowest BCUT2D eigenvalue weighted by Crippen LogP contribution is -2.33. The van der Waals surface area contributed by atoms with Crippen molar-refractivity contribution in [2.75, 3.05) is 0 Å². The first-order valence-electron chi connectivity index (χ1n) is 4.09. The Balaban J connectivity index is 2.29. The highest BCUT2D eigenvalue weighted by molar-refractivity contribution is 5.24. The molecule has 0 amide bonds. The number of aliphatic hydroxyl groups is 1. The summed E-state index contributed by atoms with van der Waals surface area (Å²) in [5.74, 6) is 0. The first kappa shape index (κ1) is 6.86. The molecule has 1 aliphatic carbocycles. The van der Waals surface area contributed by atoms with E-state index in [0.29, 0.717) is 0 Å². The molecule has 0 aliphatic heterocycles. The zero-order chi connectivity index (χ0) is 7.73. The lowest BCUT2D eigenvalue weighted by atomic mass is 9.75. The maximum Gasteiger partial charge on any atom is 0.0896 e. The maximum atomic E-state index is 9.88. The van der Waals surface area contributed by atoms with Gasteiger partial charge in [0.05, 0.1) is 5.60 Å². The van der Waals surface area contributed by atoms with Crippen LogP contribution in [0.1, 0.15) is 24.8 Å². The molecule has 0 aromatic heterocycles. The molecular weight excluding hydrogens is 136 g/mol. The highest BCUT2D eigenvalue weighted by Crippen LogP contribution is 2.40. The van der Waals surface area contributed by atoms with Crippen LogP contribution in [0.25, 0.3) is 0 Å². The van der Waals surface area contributed by atoms with Gasteiger partial charge in [0.25, 0.3) is 0 Å². The molecule has 1 aromatic carbocycles. The topological polar surface area (TPSA) is 20.2 Å².